The number of hydrogen-bond donors (Lipinski definition) is 1. The molecule has 3 heterocycles. The first-order valence-electron chi connectivity index (χ1n) is 10.3. The van der Waals surface area contributed by atoms with Crippen LogP contribution in [0.25, 0.3) is 17.2 Å². The smallest absolute Gasteiger partial charge is 0.200 e. The van der Waals surface area contributed by atoms with Gasteiger partial charge in [-0.1, -0.05) is 6.07 Å². The average molecular weight is 444 g/mol. The van der Waals surface area contributed by atoms with E-state index in [-0.39, 0.29) is 30.5 Å². The van der Waals surface area contributed by atoms with Crippen molar-refractivity contribution in [2.45, 2.75) is 37.3 Å². The quantitative estimate of drug-likeness (QED) is 0.661. The van der Waals surface area contributed by atoms with Crippen LogP contribution < -0.4 is 15.2 Å². The molecule has 0 bridgehead atoms. The lowest BCUT2D eigenvalue weighted by atomic mass is 9.83. The van der Waals surface area contributed by atoms with Gasteiger partial charge in [0.15, 0.2) is 17.3 Å². The Labute approximate surface area is 187 Å². The Morgan fingerprint density at radius 2 is 1.94 bits per heavy atom. The highest BCUT2D eigenvalue weighted by Crippen LogP contribution is 2.37. The van der Waals surface area contributed by atoms with Crippen LogP contribution >= 0.6 is 12.4 Å². The zero-order valence-electron chi connectivity index (χ0n) is 17.3. The molecule has 0 radical (unpaired) electrons. The second-order valence-corrected chi connectivity index (χ2v) is 7.70. The van der Waals surface area contributed by atoms with Crippen molar-refractivity contribution in [3.63, 3.8) is 0 Å². The summed E-state index contributed by atoms with van der Waals surface area (Å²) >= 11 is 0. The van der Waals surface area contributed by atoms with Gasteiger partial charge >= 0.3 is 0 Å². The third-order valence-corrected chi connectivity index (χ3v) is 5.81. The molecule has 9 heteroatoms. The minimum absolute atomic E-state index is 0. The molecule has 3 atom stereocenters. The van der Waals surface area contributed by atoms with Crippen molar-refractivity contribution >= 4 is 12.4 Å². The Hall–Kier alpha value is -2.68. The molecule has 0 saturated heterocycles. The third-order valence-electron chi connectivity index (χ3n) is 5.81. The van der Waals surface area contributed by atoms with Gasteiger partial charge in [0.05, 0.1) is 11.8 Å². The number of hydrogen-bond acceptors (Lipinski definition) is 7. The fraction of sp³-hybridized carbons (Fsp3) is 0.409. The lowest BCUT2D eigenvalue weighted by molar-refractivity contribution is 0.0459. The van der Waals surface area contributed by atoms with Crippen molar-refractivity contribution in [2.75, 3.05) is 20.3 Å². The SMILES string of the molecule is CO[C@H]1C[C@@H](c2nc(-c3ccccn3)nn2-c2ccc3c(c2)OCCO3)CC[C@@H]1N.Cl. The van der Waals surface area contributed by atoms with Crippen molar-refractivity contribution < 1.29 is 14.2 Å². The second-order valence-electron chi connectivity index (χ2n) is 7.70. The molecule has 164 valence electrons. The van der Waals surface area contributed by atoms with Crippen molar-refractivity contribution in [3.8, 4) is 28.7 Å². The molecule has 3 aromatic rings. The van der Waals surface area contributed by atoms with Gasteiger partial charge in [0, 0.05) is 31.3 Å². The van der Waals surface area contributed by atoms with Gasteiger partial charge in [-0.05, 0) is 43.5 Å². The van der Waals surface area contributed by atoms with Gasteiger partial charge < -0.3 is 19.9 Å². The number of halogens is 1. The van der Waals surface area contributed by atoms with Crippen LogP contribution in [0.5, 0.6) is 11.5 Å². The summed E-state index contributed by atoms with van der Waals surface area (Å²) in [5, 5.41) is 4.82. The Morgan fingerprint density at radius 1 is 1.10 bits per heavy atom. The summed E-state index contributed by atoms with van der Waals surface area (Å²) in [7, 11) is 1.72. The molecule has 1 fully saturated rings. The Morgan fingerprint density at radius 3 is 2.71 bits per heavy atom. The lowest BCUT2D eigenvalue weighted by Crippen LogP contribution is -2.41. The molecule has 0 spiro atoms. The van der Waals surface area contributed by atoms with Gasteiger partial charge in [-0.25, -0.2) is 9.67 Å². The number of fused-ring (bicyclic) bond motifs is 1. The molecule has 2 N–H and O–H groups in total. The van der Waals surface area contributed by atoms with Gasteiger partial charge in [-0.15, -0.1) is 17.5 Å². The molecular weight excluding hydrogens is 418 g/mol. The number of pyridine rings is 1. The molecule has 2 aliphatic rings. The predicted octanol–water partition coefficient (Wildman–Crippen LogP) is 3.13. The van der Waals surface area contributed by atoms with E-state index in [1.807, 2.05) is 41.1 Å². The van der Waals surface area contributed by atoms with E-state index in [9.17, 15) is 0 Å². The van der Waals surface area contributed by atoms with Gasteiger partial charge in [0.1, 0.15) is 24.7 Å². The molecule has 1 aromatic carbocycles. The number of methoxy groups -OCH3 is 1. The predicted molar refractivity (Wildman–Crippen MR) is 118 cm³/mol. The summed E-state index contributed by atoms with van der Waals surface area (Å²) < 4.78 is 19.0. The lowest BCUT2D eigenvalue weighted by Gasteiger charge is -2.32. The molecule has 31 heavy (non-hydrogen) atoms. The topological polar surface area (TPSA) is 97.3 Å². The second kappa shape index (κ2) is 9.21. The van der Waals surface area contributed by atoms with E-state index >= 15 is 0 Å². The van der Waals surface area contributed by atoms with Crippen molar-refractivity contribution in [1.29, 1.82) is 0 Å². The monoisotopic (exact) mass is 443 g/mol. The molecule has 8 nitrogen and oxygen atoms in total. The zero-order valence-corrected chi connectivity index (χ0v) is 18.1. The molecule has 2 aromatic heterocycles. The summed E-state index contributed by atoms with van der Waals surface area (Å²) in [6.07, 6.45) is 4.39. The van der Waals surface area contributed by atoms with Crippen molar-refractivity contribution in [2.24, 2.45) is 5.73 Å². The third kappa shape index (κ3) is 4.23. The maximum Gasteiger partial charge on any atom is 0.200 e. The van der Waals surface area contributed by atoms with E-state index in [2.05, 4.69) is 4.98 Å². The number of aromatic nitrogens is 4. The molecule has 5 rings (SSSR count). The highest BCUT2D eigenvalue weighted by atomic mass is 35.5. The highest BCUT2D eigenvalue weighted by Gasteiger charge is 2.33. The van der Waals surface area contributed by atoms with Crippen LogP contribution in [0.3, 0.4) is 0 Å². The van der Waals surface area contributed by atoms with E-state index in [0.717, 1.165) is 48.0 Å². The average Bonchev–Trinajstić information content (AvgIpc) is 3.25. The summed E-state index contributed by atoms with van der Waals surface area (Å²) in [6.45, 7) is 1.10. The maximum atomic E-state index is 6.24. The maximum absolute atomic E-state index is 6.24. The van der Waals surface area contributed by atoms with Crippen LogP contribution in [-0.2, 0) is 4.74 Å². The summed E-state index contributed by atoms with van der Waals surface area (Å²) in [5.41, 5.74) is 7.87. The number of ether oxygens (including phenoxy) is 3. The van der Waals surface area contributed by atoms with E-state index in [4.69, 9.17) is 30.0 Å². The van der Waals surface area contributed by atoms with Crippen LogP contribution in [0.15, 0.2) is 42.6 Å². The van der Waals surface area contributed by atoms with Crippen molar-refractivity contribution in [3.05, 3.63) is 48.4 Å². The number of benzene rings is 1. The van der Waals surface area contributed by atoms with E-state index in [1.165, 1.54) is 0 Å². The minimum atomic E-state index is 0. The van der Waals surface area contributed by atoms with Crippen LogP contribution in [-0.4, -0.2) is 52.2 Å². The minimum Gasteiger partial charge on any atom is -0.486 e. The molecule has 0 unspecified atom stereocenters. The van der Waals surface area contributed by atoms with Crippen LogP contribution in [0, 0.1) is 0 Å². The zero-order chi connectivity index (χ0) is 20.5. The van der Waals surface area contributed by atoms with Crippen LogP contribution in [0.1, 0.15) is 31.0 Å². The standard InChI is InChI=1S/C22H25N5O3.ClH/c1-28-19-12-14(5-7-16(19)23)22-25-21(17-4-2-3-9-24-17)26-27(22)15-6-8-18-20(13-15)30-11-10-29-18;/h2-4,6,8-9,13-14,16,19H,5,7,10-12,23H2,1H3;1H/t14-,16-,19-;/m0./s1. The molecule has 0 amide bonds. The van der Waals surface area contributed by atoms with Gasteiger partial charge in [0.2, 0.25) is 0 Å². The van der Waals surface area contributed by atoms with Gasteiger partial charge in [-0.3, -0.25) is 4.98 Å². The van der Waals surface area contributed by atoms with E-state index < -0.39 is 0 Å². The number of nitrogens with zero attached hydrogens (tertiary/aromatic N) is 4. The Bertz CT molecular complexity index is 1030. The first kappa shape index (κ1) is 21.5. The Kier molecular flexibility index (Phi) is 6.41. The molecule has 1 saturated carbocycles. The summed E-state index contributed by atoms with van der Waals surface area (Å²) in [5.74, 6) is 3.15. The molecule has 1 aliphatic carbocycles. The largest absolute Gasteiger partial charge is 0.486 e. The van der Waals surface area contributed by atoms with Gasteiger partial charge in [0.25, 0.3) is 0 Å². The molecular formula is C22H26ClN5O3. The Balaban J connectivity index is 0.00000231. The first-order valence-corrected chi connectivity index (χ1v) is 10.3. The van der Waals surface area contributed by atoms with Crippen LogP contribution in [0.4, 0.5) is 0 Å². The van der Waals surface area contributed by atoms with Crippen molar-refractivity contribution in [1.82, 2.24) is 19.7 Å². The first-order chi connectivity index (χ1) is 14.7. The fourth-order valence-electron chi connectivity index (χ4n) is 4.20. The summed E-state index contributed by atoms with van der Waals surface area (Å²) in [4.78, 5) is 9.34. The normalized spacial score (nSPS) is 22.6. The van der Waals surface area contributed by atoms with Crippen LogP contribution in [0.2, 0.25) is 0 Å². The molecule has 1 aliphatic heterocycles. The highest BCUT2D eigenvalue weighted by molar-refractivity contribution is 5.85. The number of nitrogens with two attached hydrogens (primary N) is 1. The summed E-state index contributed by atoms with van der Waals surface area (Å²) in [6, 6.07) is 11.6. The van der Waals surface area contributed by atoms with E-state index in [0.29, 0.717) is 19.0 Å². The van der Waals surface area contributed by atoms with E-state index in [1.54, 1.807) is 13.3 Å². The number of rotatable bonds is 4. The van der Waals surface area contributed by atoms with Gasteiger partial charge in [-0.2, -0.15) is 0 Å². The fourth-order valence-corrected chi connectivity index (χ4v) is 4.20.